The third-order valence-corrected chi connectivity index (χ3v) is 4.47. The Labute approximate surface area is 151 Å². The van der Waals surface area contributed by atoms with E-state index in [-0.39, 0.29) is 18.3 Å². The highest BCUT2D eigenvalue weighted by Crippen LogP contribution is 2.14. The van der Waals surface area contributed by atoms with Crippen LogP contribution >= 0.6 is 11.6 Å². The van der Waals surface area contributed by atoms with Crippen molar-refractivity contribution in [1.82, 2.24) is 9.80 Å². The van der Waals surface area contributed by atoms with E-state index in [1.807, 2.05) is 29.2 Å². The predicted molar refractivity (Wildman–Crippen MR) is 95.2 cm³/mol. The van der Waals surface area contributed by atoms with Crippen molar-refractivity contribution in [3.63, 3.8) is 0 Å². The van der Waals surface area contributed by atoms with Crippen LogP contribution in [0.3, 0.4) is 0 Å². The molecule has 1 aliphatic heterocycles. The van der Waals surface area contributed by atoms with Crippen LogP contribution in [0.1, 0.15) is 5.56 Å². The third kappa shape index (κ3) is 5.18. The summed E-state index contributed by atoms with van der Waals surface area (Å²) in [6.07, 6.45) is 0. The Bertz CT molecular complexity index is 698. The van der Waals surface area contributed by atoms with Crippen LogP contribution < -0.4 is 4.74 Å². The van der Waals surface area contributed by atoms with Crippen LogP contribution in [0.15, 0.2) is 48.5 Å². The Morgan fingerprint density at radius 1 is 1.00 bits per heavy atom. The lowest BCUT2D eigenvalue weighted by Gasteiger charge is -2.34. The van der Waals surface area contributed by atoms with Crippen molar-refractivity contribution in [3.05, 3.63) is 64.9 Å². The highest BCUT2D eigenvalue weighted by molar-refractivity contribution is 6.30. The summed E-state index contributed by atoms with van der Waals surface area (Å²) in [4.78, 5) is 16.4. The smallest absolute Gasteiger partial charge is 0.260 e. The van der Waals surface area contributed by atoms with E-state index in [0.29, 0.717) is 18.8 Å². The average Bonchev–Trinajstić information content (AvgIpc) is 2.63. The van der Waals surface area contributed by atoms with Gasteiger partial charge in [0.2, 0.25) is 0 Å². The molecule has 1 amide bonds. The fraction of sp³-hybridized carbons (Fsp3) is 0.316. The van der Waals surface area contributed by atoms with E-state index in [2.05, 4.69) is 4.90 Å². The molecule has 3 rings (SSSR count). The molecule has 1 aliphatic rings. The maximum atomic E-state index is 12.8. The van der Waals surface area contributed by atoms with Crippen LogP contribution in [0.4, 0.5) is 4.39 Å². The fourth-order valence-corrected chi connectivity index (χ4v) is 2.90. The number of nitrogens with zero attached hydrogens (tertiary/aromatic N) is 2. The predicted octanol–water partition coefficient (Wildman–Crippen LogP) is 3.20. The van der Waals surface area contributed by atoms with Crippen LogP contribution in [0, 0.1) is 5.82 Å². The van der Waals surface area contributed by atoms with E-state index in [0.717, 1.165) is 24.7 Å². The number of rotatable bonds is 5. The molecule has 1 heterocycles. The molecule has 0 aromatic heterocycles. The summed E-state index contributed by atoms with van der Waals surface area (Å²) in [5.74, 6) is 0.127. The number of carbonyl (C=O) groups excluding carboxylic acids is 1. The first kappa shape index (κ1) is 17.7. The number of hydrogen-bond donors (Lipinski definition) is 0. The molecule has 0 N–H and O–H groups in total. The summed E-state index contributed by atoms with van der Waals surface area (Å²) in [5.41, 5.74) is 1.21. The molecule has 132 valence electrons. The van der Waals surface area contributed by atoms with Crippen molar-refractivity contribution in [2.45, 2.75) is 6.54 Å². The van der Waals surface area contributed by atoms with Crippen LogP contribution in [0.25, 0.3) is 0 Å². The van der Waals surface area contributed by atoms with Gasteiger partial charge in [-0.25, -0.2) is 4.39 Å². The molecule has 0 bridgehead atoms. The van der Waals surface area contributed by atoms with Crippen molar-refractivity contribution in [2.75, 3.05) is 32.8 Å². The van der Waals surface area contributed by atoms with Gasteiger partial charge in [-0.2, -0.15) is 0 Å². The van der Waals surface area contributed by atoms with E-state index < -0.39 is 0 Å². The molecular weight excluding hydrogens is 343 g/mol. The number of hydrogen-bond acceptors (Lipinski definition) is 3. The first-order chi connectivity index (χ1) is 12.1. The van der Waals surface area contributed by atoms with Gasteiger partial charge in [-0.3, -0.25) is 9.69 Å². The normalized spacial score (nSPS) is 15.2. The minimum Gasteiger partial charge on any atom is -0.484 e. The van der Waals surface area contributed by atoms with Gasteiger partial charge in [-0.15, -0.1) is 0 Å². The highest BCUT2D eigenvalue weighted by Gasteiger charge is 2.21. The molecular formula is C19H20ClFN2O2. The van der Waals surface area contributed by atoms with Gasteiger partial charge >= 0.3 is 0 Å². The zero-order chi connectivity index (χ0) is 17.6. The third-order valence-electron chi connectivity index (χ3n) is 4.22. The minimum absolute atomic E-state index is 0.0250. The number of ether oxygens (including phenoxy) is 1. The molecule has 0 saturated carbocycles. The lowest BCUT2D eigenvalue weighted by Crippen LogP contribution is -2.49. The van der Waals surface area contributed by atoms with Crippen molar-refractivity contribution in [3.8, 4) is 5.75 Å². The summed E-state index contributed by atoms with van der Waals surface area (Å²) in [7, 11) is 0. The average molecular weight is 363 g/mol. The number of piperazine rings is 1. The molecule has 2 aromatic rings. The molecule has 4 nitrogen and oxygen atoms in total. The quantitative estimate of drug-likeness (QED) is 0.818. The standard InChI is InChI=1S/C19H20ClFN2O2/c20-16-3-1-15(2-4-16)13-22-9-11-23(12-10-22)19(24)14-25-18-7-5-17(21)6-8-18/h1-8H,9-14H2. The number of halogens is 2. The molecule has 6 heteroatoms. The molecule has 25 heavy (non-hydrogen) atoms. The van der Waals surface area contributed by atoms with Gasteiger partial charge in [0.05, 0.1) is 0 Å². The second-order valence-corrected chi connectivity index (χ2v) is 6.46. The Hall–Kier alpha value is -2.11. The molecule has 0 aliphatic carbocycles. The topological polar surface area (TPSA) is 32.8 Å². The Morgan fingerprint density at radius 3 is 2.28 bits per heavy atom. The first-order valence-electron chi connectivity index (χ1n) is 8.23. The summed E-state index contributed by atoms with van der Waals surface area (Å²) in [6.45, 7) is 3.84. The molecule has 0 unspecified atom stereocenters. The fourth-order valence-electron chi connectivity index (χ4n) is 2.77. The Kier molecular flexibility index (Phi) is 5.89. The SMILES string of the molecule is O=C(COc1ccc(F)cc1)N1CCN(Cc2ccc(Cl)cc2)CC1. The van der Waals surface area contributed by atoms with Crippen LogP contribution in [0.5, 0.6) is 5.75 Å². The largest absolute Gasteiger partial charge is 0.484 e. The molecule has 0 atom stereocenters. The van der Waals surface area contributed by atoms with E-state index in [1.165, 1.54) is 29.8 Å². The molecule has 0 radical (unpaired) electrons. The molecule has 2 aromatic carbocycles. The second kappa shape index (κ2) is 8.32. The Morgan fingerprint density at radius 2 is 1.64 bits per heavy atom. The minimum atomic E-state index is -0.324. The first-order valence-corrected chi connectivity index (χ1v) is 8.61. The van der Waals surface area contributed by atoms with Crippen molar-refractivity contribution >= 4 is 17.5 Å². The van der Waals surface area contributed by atoms with Gasteiger partial charge in [0.1, 0.15) is 11.6 Å². The van der Waals surface area contributed by atoms with E-state index >= 15 is 0 Å². The van der Waals surface area contributed by atoms with Gasteiger partial charge in [0.25, 0.3) is 5.91 Å². The second-order valence-electron chi connectivity index (χ2n) is 6.03. The van der Waals surface area contributed by atoms with Crippen molar-refractivity contribution in [1.29, 1.82) is 0 Å². The monoisotopic (exact) mass is 362 g/mol. The van der Waals surface area contributed by atoms with Crippen LogP contribution in [0.2, 0.25) is 5.02 Å². The molecule has 1 fully saturated rings. The lowest BCUT2D eigenvalue weighted by atomic mass is 10.2. The van der Waals surface area contributed by atoms with Gasteiger partial charge in [0, 0.05) is 37.7 Å². The summed E-state index contributed by atoms with van der Waals surface area (Å²) in [5, 5.41) is 0.736. The van der Waals surface area contributed by atoms with Gasteiger partial charge in [-0.1, -0.05) is 23.7 Å². The van der Waals surface area contributed by atoms with Gasteiger partial charge in [-0.05, 0) is 42.0 Å². The highest BCUT2D eigenvalue weighted by atomic mass is 35.5. The van der Waals surface area contributed by atoms with Gasteiger partial charge < -0.3 is 9.64 Å². The zero-order valence-corrected chi connectivity index (χ0v) is 14.6. The van der Waals surface area contributed by atoms with Crippen LogP contribution in [-0.2, 0) is 11.3 Å². The molecule has 1 saturated heterocycles. The van der Waals surface area contributed by atoms with E-state index in [9.17, 15) is 9.18 Å². The van der Waals surface area contributed by atoms with Crippen LogP contribution in [-0.4, -0.2) is 48.5 Å². The van der Waals surface area contributed by atoms with E-state index in [1.54, 1.807) is 0 Å². The zero-order valence-electron chi connectivity index (χ0n) is 13.8. The van der Waals surface area contributed by atoms with Crippen molar-refractivity contribution in [2.24, 2.45) is 0 Å². The lowest BCUT2D eigenvalue weighted by molar-refractivity contribution is -0.135. The van der Waals surface area contributed by atoms with E-state index in [4.69, 9.17) is 16.3 Å². The summed E-state index contributed by atoms with van der Waals surface area (Å²) in [6, 6.07) is 13.5. The molecule has 0 spiro atoms. The Balaban J connectivity index is 1.42. The van der Waals surface area contributed by atoms with Crippen molar-refractivity contribution < 1.29 is 13.9 Å². The maximum Gasteiger partial charge on any atom is 0.260 e. The number of carbonyl (C=O) groups is 1. The number of benzene rings is 2. The summed E-state index contributed by atoms with van der Waals surface area (Å²) >= 11 is 5.90. The number of amides is 1. The van der Waals surface area contributed by atoms with Gasteiger partial charge in [0.15, 0.2) is 6.61 Å². The maximum absolute atomic E-state index is 12.8. The summed E-state index contributed by atoms with van der Waals surface area (Å²) < 4.78 is 18.3.